The lowest BCUT2D eigenvalue weighted by Gasteiger charge is -2.06. The number of nitrogens with zero attached hydrogens (tertiary/aromatic N) is 1. The molecule has 3 heteroatoms. The van der Waals surface area contributed by atoms with Crippen molar-refractivity contribution < 1.29 is 0 Å². The Bertz CT molecular complexity index is 472. The maximum absolute atomic E-state index is 4.72. The molecule has 1 aliphatic heterocycles. The summed E-state index contributed by atoms with van der Waals surface area (Å²) in [6.45, 7) is 1.17. The molecule has 3 rings (SSSR count). The average molecular weight is 244 g/mol. The second kappa shape index (κ2) is 4.98. The van der Waals surface area contributed by atoms with Gasteiger partial charge in [0.15, 0.2) is 0 Å². The van der Waals surface area contributed by atoms with Gasteiger partial charge in [0.2, 0.25) is 0 Å². The summed E-state index contributed by atoms with van der Waals surface area (Å²) in [5, 5.41) is 6.94. The minimum atomic E-state index is 0.643. The van der Waals surface area contributed by atoms with Crippen LogP contribution in [0.2, 0.25) is 0 Å². The Morgan fingerprint density at radius 3 is 2.94 bits per heavy atom. The Hall–Kier alpha value is -1.19. The van der Waals surface area contributed by atoms with Crippen LogP contribution in [0.3, 0.4) is 0 Å². The van der Waals surface area contributed by atoms with Crippen LogP contribution < -0.4 is 5.32 Å². The molecule has 0 aliphatic carbocycles. The average Bonchev–Trinajstić information content (AvgIpc) is 3.02. The summed E-state index contributed by atoms with van der Waals surface area (Å²) < 4.78 is 0. The molecule has 88 valence electrons. The van der Waals surface area contributed by atoms with Gasteiger partial charge in [0.25, 0.3) is 0 Å². The van der Waals surface area contributed by atoms with E-state index in [0.717, 1.165) is 12.1 Å². The highest BCUT2D eigenvalue weighted by molar-refractivity contribution is 7.09. The van der Waals surface area contributed by atoms with Crippen LogP contribution in [0.25, 0.3) is 11.3 Å². The maximum Gasteiger partial charge on any atom is 0.0948 e. The van der Waals surface area contributed by atoms with Gasteiger partial charge in [-0.25, -0.2) is 4.98 Å². The largest absolute Gasteiger partial charge is 0.314 e. The molecule has 0 radical (unpaired) electrons. The molecule has 2 aromatic rings. The lowest BCUT2D eigenvalue weighted by molar-refractivity contribution is 0.601. The first-order chi connectivity index (χ1) is 8.42. The van der Waals surface area contributed by atoms with Gasteiger partial charge in [0.05, 0.1) is 10.7 Å². The number of hydrogen-bond donors (Lipinski definition) is 1. The number of benzene rings is 1. The number of rotatable bonds is 3. The van der Waals surface area contributed by atoms with Gasteiger partial charge < -0.3 is 5.32 Å². The van der Waals surface area contributed by atoms with Crippen LogP contribution in [0.5, 0.6) is 0 Å². The van der Waals surface area contributed by atoms with Crippen molar-refractivity contribution in [3.63, 3.8) is 0 Å². The highest BCUT2D eigenvalue weighted by atomic mass is 32.1. The molecular formula is C14H16N2S. The van der Waals surface area contributed by atoms with Crippen molar-refractivity contribution in [3.05, 3.63) is 40.7 Å². The molecule has 1 aliphatic rings. The van der Waals surface area contributed by atoms with Gasteiger partial charge in [0, 0.05) is 23.4 Å². The van der Waals surface area contributed by atoms with E-state index >= 15 is 0 Å². The smallest absolute Gasteiger partial charge is 0.0948 e. The summed E-state index contributed by atoms with van der Waals surface area (Å²) in [6.07, 6.45) is 3.68. The van der Waals surface area contributed by atoms with Crippen LogP contribution in [0.1, 0.15) is 17.8 Å². The first kappa shape index (κ1) is 10.9. The van der Waals surface area contributed by atoms with E-state index in [0.29, 0.717) is 6.04 Å². The molecule has 1 saturated heterocycles. The van der Waals surface area contributed by atoms with Crippen LogP contribution in [-0.2, 0) is 6.42 Å². The zero-order valence-corrected chi connectivity index (χ0v) is 10.5. The zero-order chi connectivity index (χ0) is 11.5. The Morgan fingerprint density at radius 2 is 2.18 bits per heavy atom. The molecule has 1 N–H and O–H groups in total. The van der Waals surface area contributed by atoms with Gasteiger partial charge in [-0.15, -0.1) is 11.3 Å². The Kier molecular flexibility index (Phi) is 3.20. The fraction of sp³-hybridized carbons (Fsp3) is 0.357. The number of thiazole rings is 1. The molecule has 1 fully saturated rings. The third kappa shape index (κ3) is 2.56. The summed E-state index contributed by atoms with van der Waals surface area (Å²) in [5.41, 5.74) is 2.33. The second-order valence-corrected chi connectivity index (χ2v) is 5.43. The van der Waals surface area contributed by atoms with E-state index in [-0.39, 0.29) is 0 Å². The van der Waals surface area contributed by atoms with Gasteiger partial charge in [-0.3, -0.25) is 0 Å². The van der Waals surface area contributed by atoms with Crippen molar-refractivity contribution in [2.24, 2.45) is 0 Å². The number of hydrogen-bond acceptors (Lipinski definition) is 3. The Balaban J connectivity index is 1.74. The predicted octanol–water partition coefficient (Wildman–Crippen LogP) is 3.10. The van der Waals surface area contributed by atoms with Crippen molar-refractivity contribution in [2.75, 3.05) is 6.54 Å². The summed E-state index contributed by atoms with van der Waals surface area (Å²) >= 11 is 1.78. The lowest BCUT2D eigenvalue weighted by atomic mass is 10.1. The van der Waals surface area contributed by atoms with Crippen LogP contribution in [0, 0.1) is 0 Å². The highest BCUT2D eigenvalue weighted by Gasteiger charge is 2.16. The molecule has 0 bridgehead atoms. The number of aromatic nitrogens is 1. The Morgan fingerprint density at radius 1 is 1.29 bits per heavy atom. The van der Waals surface area contributed by atoms with E-state index in [1.54, 1.807) is 11.3 Å². The van der Waals surface area contributed by atoms with Crippen LogP contribution in [0.15, 0.2) is 35.7 Å². The minimum absolute atomic E-state index is 0.643. The SMILES string of the molecule is c1ccc(-c2csc(CC3CCCN3)n2)cc1. The van der Waals surface area contributed by atoms with E-state index in [9.17, 15) is 0 Å². The first-order valence-electron chi connectivity index (χ1n) is 6.15. The molecule has 1 atom stereocenters. The van der Waals surface area contributed by atoms with E-state index in [1.165, 1.54) is 30.0 Å². The van der Waals surface area contributed by atoms with E-state index < -0.39 is 0 Å². The van der Waals surface area contributed by atoms with Crippen LogP contribution >= 0.6 is 11.3 Å². The second-order valence-electron chi connectivity index (χ2n) is 4.49. The summed E-state index contributed by atoms with van der Waals surface area (Å²) in [7, 11) is 0. The monoisotopic (exact) mass is 244 g/mol. The molecule has 1 aromatic heterocycles. The molecular weight excluding hydrogens is 228 g/mol. The summed E-state index contributed by atoms with van der Waals surface area (Å²) in [6, 6.07) is 11.0. The molecule has 2 nitrogen and oxygen atoms in total. The van der Waals surface area contributed by atoms with Crippen molar-refractivity contribution in [3.8, 4) is 11.3 Å². The fourth-order valence-corrected chi connectivity index (χ4v) is 3.17. The molecule has 0 spiro atoms. The van der Waals surface area contributed by atoms with Crippen molar-refractivity contribution in [1.82, 2.24) is 10.3 Å². The van der Waals surface area contributed by atoms with Gasteiger partial charge in [-0.05, 0) is 19.4 Å². The molecule has 0 amide bonds. The summed E-state index contributed by atoms with van der Waals surface area (Å²) in [4.78, 5) is 4.72. The maximum atomic E-state index is 4.72. The number of nitrogens with one attached hydrogen (secondary N) is 1. The summed E-state index contributed by atoms with van der Waals surface area (Å²) in [5.74, 6) is 0. The topological polar surface area (TPSA) is 24.9 Å². The van der Waals surface area contributed by atoms with E-state index in [4.69, 9.17) is 4.98 Å². The van der Waals surface area contributed by atoms with Gasteiger partial charge in [-0.2, -0.15) is 0 Å². The zero-order valence-electron chi connectivity index (χ0n) is 9.73. The van der Waals surface area contributed by atoms with Crippen molar-refractivity contribution in [2.45, 2.75) is 25.3 Å². The first-order valence-corrected chi connectivity index (χ1v) is 7.03. The van der Waals surface area contributed by atoms with Gasteiger partial charge in [-0.1, -0.05) is 30.3 Å². The molecule has 0 saturated carbocycles. The van der Waals surface area contributed by atoms with Gasteiger partial charge in [0.1, 0.15) is 0 Å². The predicted molar refractivity (Wildman–Crippen MR) is 72.3 cm³/mol. The van der Waals surface area contributed by atoms with E-state index in [1.807, 2.05) is 6.07 Å². The quantitative estimate of drug-likeness (QED) is 0.897. The van der Waals surface area contributed by atoms with Gasteiger partial charge >= 0.3 is 0 Å². The fourth-order valence-electron chi connectivity index (χ4n) is 2.29. The minimum Gasteiger partial charge on any atom is -0.314 e. The highest BCUT2D eigenvalue weighted by Crippen LogP contribution is 2.23. The molecule has 1 unspecified atom stereocenters. The molecule has 17 heavy (non-hydrogen) atoms. The standard InChI is InChI=1S/C14H16N2S/c1-2-5-11(6-3-1)13-10-17-14(16-13)9-12-7-4-8-15-12/h1-3,5-6,10,12,15H,4,7-9H2. The van der Waals surface area contributed by atoms with Crippen LogP contribution in [-0.4, -0.2) is 17.6 Å². The van der Waals surface area contributed by atoms with Crippen molar-refractivity contribution in [1.29, 1.82) is 0 Å². The van der Waals surface area contributed by atoms with E-state index in [2.05, 4.69) is 35.0 Å². The lowest BCUT2D eigenvalue weighted by Crippen LogP contribution is -2.23. The molecule has 2 heterocycles. The molecule has 1 aromatic carbocycles. The normalized spacial score (nSPS) is 19.6. The third-order valence-corrected chi connectivity index (χ3v) is 4.08. The Labute approximate surface area is 106 Å². The third-order valence-electron chi connectivity index (χ3n) is 3.20. The van der Waals surface area contributed by atoms with Crippen LogP contribution in [0.4, 0.5) is 0 Å². The van der Waals surface area contributed by atoms with Crippen molar-refractivity contribution >= 4 is 11.3 Å².